The normalized spacial score (nSPS) is 12.7. The second-order valence-corrected chi connectivity index (χ2v) is 2.30. The van der Waals surface area contributed by atoms with E-state index in [4.69, 9.17) is 5.11 Å². The molecular formula is C8H14O. The maximum atomic E-state index is 8.85. The van der Waals surface area contributed by atoms with Crippen LogP contribution in [0.15, 0.2) is 24.8 Å². The Morgan fingerprint density at radius 2 is 2.33 bits per heavy atom. The van der Waals surface area contributed by atoms with E-state index in [2.05, 4.69) is 13.2 Å². The highest BCUT2D eigenvalue weighted by atomic mass is 16.3. The lowest BCUT2D eigenvalue weighted by molar-refractivity contribution is 0.195. The van der Waals surface area contributed by atoms with E-state index in [1.165, 1.54) is 0 Å². The standard InChI is InChI=1S/C8H14O/c1-4-5-7(2)6-8(3)9/h4,8-9H,1-2,5-6H2,3H3. The van der Waals surface area contributed by atoms with Crippen LogP contribution in [0, 0.1) is 0 Å². The van der Waals surface area contributed by atoms with Crippen LogP contribution >= 0.6 is 0 Å². The van der Waals surface area contributed by atoms with Crippen LogP contribution in [0.3, 0.4) is 0 Å². The van der Waals surface area contributed by atoms with Crippen molar-refractivity contribution < 1.29 is 5.11 Å². The van der Waals surface area contributed by atoms with Gasteiger partial charge in [0.25, 0.3) is 0 Å². The molecule has 0 aromatic carbocycles. The van der Waals surface area contributed by atoms with E-state index in [0.717, 1.165) is 12.0 Å². The van der Waals surface area contributed by atoms with Crippen LogP contribution in [-0.2, 0) is 0 Å². The molecule has 0 fully saturated rings. The summed E-state index contributed by atoms with van der Waals surface area (Å²) in [5, 5.41) is 8.85. The van der Waals surface area contributed by atoms with Crippen LogP contribution in [0.4, 0.5) is 0 Å². The second-order valence-electron chi connectivity index (χ2n) is 2.30. The van der Waals surface area contributed by atoms with Gasteiger partial charge in [-0.3, -0.25) is 0 Å². The lowest BCUT2D eigenvalue weighted by Gasteiger charge is -2.03. The van der Waals surface area contributed by atoms with Crippen molar-refractivity contribution in [3.8, 4) is 0 Å². The van der Waals surface area contributed by atoms with E-state index < -0.39 is 0 Å². The van der Waals surface area contributed by atoms with Crippen molar-refractivity contribution in [2.45, 2.75) is 25.9 Å². The molecule has 0 saturated heterocycles. The van der Waals surface area contributed by atoms with Crippen molar-refractivity contribution in [1.29, 1.82) is 0 Å². The number of hydrogen-bond acceptors (Lipinski definition) is 1. The quantitative estimate of drug-likeness (QED) is 0.570. The van der Waals surface area contributed by atoms with E-state index in [1.807, 2.05) is 0 Å². The molecule has 52 valence electrons. The Kier molecular flexibility index (Phi) is 4.06. The molecule has 1 nitrogen and oxygen atoms in total. The molecule has 0 aromatic heterocycles. The largest absolute Gasteiger partial charge is 0.393 e. The summed E-state index contributed by atoms with van der Waals surface area (Å²) in [5.74, 6) is 0. The average Bonchev–Trinajstić information content (AvgIpc) is 1.63. The van der Waals surface area contributed by atoms with Crippen molar-refractivity contribution in [2.75, 3.05) is 0 Å². The van der Waals surface area contributed by atoms with Crippen LogP contribution in [0.5, 0.6) is 0 Å². The van der Waals surface area contributed by atoms with Crippen LogP contribution in [0.25, 0.3) is 0 Å². The fourth-order valence-corrected chi connectivity index (χ4v) is 0.705. The molecular weight excluding hydrogens is 112 g/mol. The summed E-state index contributed by atoms with van der Waals surface area (Å²) in [6.45, 7) is 9.08. The molecule has 0 bridgehead atoms. The maximum absolute atomic E-state index is 8.85. The predicted octanol–water partition coefficient (Wildman–Crippen LogP) is 1.89. The van der Waals surface area contributed by atoms with Gasteiger partial charge in [-0.25, -0.2) is 0 Å². The molecule has 1 unspecified atom stereocenters. The predicted molar refractivity (Wildman–Crippen MR) is 40.3 cm³/mol. The summed E-state index contributed by atoms with van der Waals surface area (Å²) >= 11 is 0. The molecule has 0 aromatic rings. The van der Waals surface area contributed by atoms with Crippen molar-refractivity contribution in [3.63, 3.8) is 0 Å². The molecule has 0 aliphatic rings. The zero-order chi connectivity index (χ0) is 7.28. The van der Waals surface area contributed by atoms with Crippen molar-refractivity contribution >= 4 is 0 Å². The van der Waals surface area contributed by atoms with Crippen LogP contribution in [0.2, 0.25) is 0 Å². The van der Waals surface area contributed by atoms with E-state index in [1.54, 1.807) is 13.0 Å². The molecule has 9 heavy (non-hydrogen) atoms. The minimum absolute atomic E-state index is 0.266. The third-order valence-corrected chi connectivity index (χ3v) is 1.02. The molecule has 0 rings (SSSR count). The molecule has 0 radical (unpaired) electrons. The minimum atomic E-state index is -0.266. The summed E-state index contributed by atoms with van der Waals surface area (Å²) in [5.41, 5.74) is 1.04. The van der Waals surface area contributed by atoms with Crippen LogP contribution in [0.1, 0.15) is 19.8 Å². The van der Waals surface area contributed by atoms with Gasteiger partial charge in [0.2, 0.25) is 0 Å². The summed E-state index contributed by atoms with van der Waals surface area (Å²) in [6, 6.07) is 0. The van der Waals surface area contributed by atoms with Crippen LogP contribution < -0.4 is 0 Å². The first-order valence-electron chi connectivity index (χ1n) is 3.12. The molecule has 0 saturated carbocycles. The average molecular weight is 126 g/mol. The molecule has 0 amide bonds. The highest BCUT2D eigenvalue weighted by Gasteiger charge is 1.96. The number of rotatable bonds is 4. The monoisotopic (exact) mass is 126 g/mol. The van der Waals surface area contributed by atoms with E-state index in [-0.39, 0.29) is 6.10 Å². The molecule has 1 atom stereocenters. The Morgan fingerprint density at radius 1 is 1.78 bits per heavy atom. The minimum Gasteiger partial charge on any atom is -0.393 e. The van der Waals surface area contributed by atoms with Crippen molar-refractivity contribution in [2.24, 2.45) is 0 Å². The summed E-state index contributed by atoms with van der Waals surface area (Å²) in [7, 11) is 0. The first-order chi connectivity index (χ1) is 4.16. The SMILES string of the molecule is C=CCC(=C)CC(C)O. The highest BCUT2D eigenvalue weighted by Crippen LogP contribution is 2.06. The third kappa shape index (κ3) is 5.31. The summed E-state index contributed by atoms with van der Waals surface area (Å²) in [4.78, 5) is 0. The zero-order valence-electron chi connectivity index (χ0n) is 5.93. The van der Waals surface area contributed by atoms with Gasteiger partial charge in [-0.2, -0.15) is 0 Å². The van der Waals surface area contributed by atoms with Gasteiger partial charge in [-0.1, -0.05) is 18.2 Å². The Labute approximate surface area is 56.7 Å². The van der Waals surface area contributed by atoms with E-state index >= 15 is 0 Å². The van der Waals surface area contributed by atoms with Gasteiger partial charge in [0, 0.05) is 0 Å². The third-order valence-electron chi connectivity index (χ3n) is 1.02. The second kappa shape index (κ2) is 4.33. The van der Waals surface area contributed by atoms with Gasteiger partial charge < -0.3 is 5.11 Å². The topological polar surface area (TPSA) is 20.2 Å². The fraction of sp³-hybridized carbons (Fsp3) is 0.500. The van der Waals surface area contributed by atoms with Crippen LogP contribution in [-0.4, -0.2) is 11.2 Å². The molecule has 0 aliphatic carbocycles. The van der Waals surface area contributed by atoms with Crippen molar-refractivity contribution in [1.82, 2.24) is 0 Å². The van der Waals surface area contributed by atoms with Gasteiger partial charge in [-0.05, 0) is 19.8 Å². The first kappa shape index (κ1) is 8.44. The molecule has 0 heterocycles. The van der Waals surface area contributed by atoms with Gasteiger partial charge in [0.1, 0.15) is 0 Å². The Hall–Kier alpha value is -0.560. The molecule has 0 aliphatic heterocycles. The molecule has 0 spiro atoms. The van der Waals surface area contributed by atoms with Gasteiger partial charge in [0.05, 0.1) is 6.10 Å². The number of allylic oxidation sites excluding steroid dienone is 1. The summed E-state index contributed by atoms with van der Waals surface area (Å²) < 4.78 is 0. The van der Waals surface area contributed by atoms with Gasteiger partial charge in [-0.15, -0.1) is 6.58 Å². The van der Waals surface area contributed by atoms with Gasteiger partial charge in [0.15, 0.2) is 0 Å². The fourth-order valence-electron chi connectivity index (χ4n) is 0.705. The smallest absolute Gasteiger partial charge is 0.0549 e. The first-order valence-corrected chi connectivity index (χ1v) is 3.12. The van der Waals surface area contributed by atoms with Crippen molar-refractivity contribution in [3.05, 3.63) is 24.8 Å². The lowest BCUT2D eigenvalue weighted by Crippen LogP contribution is -1.99. The Balaban J connectivity index is 3.38. The van der Waals surface area contributed by atoms with E-state index in [9.17, 15) is 0 Å². The molecule has 1 heteroatoms. The number of hydrogen-bond donors (Lipinski definition) is 1. The number of aliphatic hydroxyl groups excluding tert-OH is 1. The highest BCUT2D eigenvalue weighted by molar-refractivity contribution is 5.00. The summed E-state index contributed by atoms with van der Waals surface area (Å²) in [6.07, 6.45) is 3.03. The lowest BCUT2D eigenvalue weighted by atomic mass is 10.1. The molecule has 1 N–H and O–H groups in total. The Bertz CT molecular complexity index is 103. The Morgan fingerprint density at radius 3 is 2.67 bits per heavy atom. The number of aliphatic hydroxyl groups is 1. The van der Waals surface area contributed by atoms with Gasteiger partial charge >= 0.3 is 0 Å². The zero-order valence-corrected chi connectivity index (χ0v) is 5.93. The van der Waals surface area contributed by atoms with E-state index in [0.29, 0.717) is 6.42 Å². The maximum Gasteiger partial charge on any atom is 0.0549 e.